The van der Waals surface area contributed by atoms with Gasteiger partial charge in [0.2, 0.25) is 5.71 Å². The zero-order valence-corrected chi connectivity index (χ0v) is 5.85. The molecule has 0 bridgehead atoms. The number of carboxylic acids is 1. The second kappa shape index (κ2) is 4.26. The van der Waals surface area contributed by atoms with Gasteiger partial charge in [-0.25, -0.2) is 4.79 Å². The van der Waals surface area contributed by atoms with E-state index in [-0.39, 0.29) is 12.1 Å². The molecular weight excluding hydrogens is 152 g/mol. The van der Waals surface area contributed by atoms with Gasteiger partial charge in [0.05, 0.1) is 0 Å². The largest absolute Gasteiger partial charge is 0.476 e. The van der Waals surface area contributed by atoms with Crippen molar-refractivity contribution in [1.29, 1.82) is 0 Å². The molecule has 0 aromatic heterocycles. The fourth-order valence-corrected chi connectivity index (χ4v) is 0.509. The second-order valence-electron chi connectivity index (χ2n) is 1.65. The lowest BCUT2D eigenvalue weighted by molar-refractivity contribution is -0.129. The highest BCUT2D eigenvalue weighted by molar-refractivity contribution is 6.65. The van der Waals surface area contributed by atoms with E-state index in [2.05, 4.69) is 10.3 Å². The van der Waals surface area contributed by atoms with Crippen LogP contribution in [0.1, 0.15) is 13.3 Å². The lowest BCUT2D eigenvalue weighted by atomic mass is 10.2. The van der Waals surface area contributed by atoms with Crippen LogP contribution in [0.15, 0.2) is 10.3 Å². The van der Waals surface area contributed by atoms with Crippen LogP contribution in [0.3, 0.4) is 0 Å². The molecule has 3 N–H and O–H groups in total. The number of oxime groups is 2. The van der Waals surface area contributed by atoms with Gasteiger partial charge in [0.25, 0.3) is 0 Å². The first kappa shape index (κ1) is 9.41. The summed E-state index contributed by atoms with van der Waals surface area (Å²) in [4.78, 5) is 10.2. The number of hydrogen-bond acceptors (Lipinski definition) is 5. The summed E-state index contributed by atoms with van der Waals surface area (Å²) in [5, 5.41) is 29.8. The minimum atomic E-state index is -1.43. The van der Waals surface area contributed by atoms with E-state index in [1.807, 2.05) is 0 Å². The lowest BCUT2D eigenvalue weighted by Crippen LogP contribution is -2.23. The van der Waals surface area contributed by atoms with Gasteiger partial charge in [0.15, 0.2) is 0 Å². The van der Waals surface area contributed by atoms with Crippen molar-refractivity contribution in [1.82, 2.24) is 0 Å². The topological polar surface area (TPSA) is 102 Å². The van der Waals surface area contributed by atoms with E-state index in [9.17, 15) is 4.79 Å². The van der Waals surface area contributed by atoms with E-state index in [0.717, 1.165) is 0 Å². The average molecular weight is 160 g/mol. The summed E-state index contributed by atoms with van der Waals surface area (Å²) in [6.45, 7) is 1.57. The molecule has 0 aromatic rings. The van der Waals surface area contributed by atoms with Gasteiger partial charge < -0.3 is 15.5 Å². The predicted molar refractivity (Wildman–Crippen MR) is 36.4 cm³/mol. The van der Waals surface area contributed by atoms with Crippen LogP contribution in [-0.4, -0.2) is 32.9 Å². The molecule has 0 spiro atoms. The lowest BCUT2D eigenvalue weighted by Gasteiger charge is -1.96. The molecule has 0 fully saturated rings. The maximum Gasteiger partial charge on any atom is 0.360 e. The van der Waals surface area contributed by atoms with E-state index >= 15 is 0 Å². The van der Waals surface area contributed by atoms with Crippen LogP contribution in [0.4, 0.5) is 0 Å². The molecule has 11 heavy (non-hydrogen) atoms. The second-order valence-corrected chi connectivity index (χ2v) is 1.65. The van der Waals surface area contributed by atoms with Gasteiger partial charge in [-0.3, -0.25) is 0 Å². The Hall–Kier alpha value is -1.59. The predicted octanol–water partition coefficient (Wildman–Crippen LogP) is 0.141. The van der Waals surface area contributed by atoms with Crippen LogP contribution in [0.25, 0.3) is 0 Å². The van der Waals surface area contributed by atoms with E-state index < -0.39 is 11.7 Å². The van der Waals surface area contributed by atoms with Gasteiger partial charge in [-0.05, 0) is 6.42 Å². The number of nitrogens with zero attached hydrogens (tertiary/aromatic N) is 2. The molecule has 0 atom stereocenters. The van der Waals surface area contributed by atoms with Crippen molar-refractivity contribution in [3.05, 3.63) is 0 Å². The van der Waals surface area contributed by atoms with Crippen molar-refractivity contribution < 1.29 is 20.3 Å². The molecule has 0 heterocycles. The molecule has 0 aliphatic rings. The summed E-state index contributed by atoms with van der Waals surface area (Å²) in [5.74, 6) is -1.43. The van der Waals surface area contributed by atoms with Crippen molar-refractivity contribution in [2.75, 3.05) is 0 Å². The fourth-order valence-electron chi connectivity index (χ4n) is 0.509. The summed E-state index contributed by atoms with van der Waals surface area (Å²) < 4.78 is 0. The summed E-state index contributed by atoms with van der Waals surface area (Å²) in [7, 11) is 0. The minimum Gasteiger partial charge on any atom is -0.476 e. The summed E-state index contributed by atoms with van der Waals surface area (Å²) in [5.41, 5.74) is -0.810. The number of hydrogen-bond donors (Lipinski definition) is 3. The maximum atomic E-state index is 10.2. The quantitative estimate of drug-likeness (QED) is 0.310. The smallest absolute Gasteiger partial charge is 0.360 e. The zero-order chi connectivity index (χ0) is 8.85. The Morgan fingerprint density at radius 2 is 1.91 bits per heavy atom. The van der Waals surface area contributed by atoms with Crippen LogP contribution in [0.5, 0.6) is 0 Å². The van der Waals surface area contributed by atoms with Gasteiger partial charge in [0, 0.05) is 0 Å². The first-order valence-corrected chi connectivity index (χ1v) is 2.84. The highest BCUT2D eigenvalue weighted by Gasteiger charge is 2.16. The molecule has 0 saturated heterocycles. The van der Waals surface area contributed by atoms with Gasteiger partial charge in [-0.1, -0.05) is 17.2 Å². The number of carbonyl (C=O) groups is 1. The molecule has 0 rings (SSSR count). The van der Waals surface area contributed by atoms with Crippen LogP contribution in [0, 0.1) is 0 Å². The van der Waals surface area contributed by atoms with Crippen molar-refractivity contribution in [2.45, 2.75) is 13.3 Å². The number of rotatable bonds is 3. The van der Waals surface area contributed by atoms with Crippen molar-refractivity contribution in [3.63, 3.8) is 0 Å². The van der Waals surface area contributed by atoms with Gasteiger partial charge in [-0.2, -0.15) is 0 Å². The van der Waals surface area contributed by atoms with Crippen LogP contribution in [-0.2, 0) is 4.79 Å². The zero-order valence-electron chi connectivity index (χ0n) is 5.85. The van der Waals surface area contributed by atoms with Gasteiger partial charge >= 0.3 is 5.97 Å². The first-order valence-electron chi connectivity index (χ1n) is 2.84. The molecule has 62 valence electrons. The third kappa shape index (κ3) is 2.24. The average Bonchev–Trinajstić information content (AvgIpc) is 1.99. The van der Waals surface area contributed by atoms with Crippen molar-refractivity contribution >= 4 is 17.4 Å². The van der Waals surface area contributed by atoms with E-state index in [4.69, 9.17) is 15.5 Å². The Kier molecular flexibility index (Phi) is 3.65. The normalized spacial score (nSPS) is 13.2. The van der Waals surface area contributed by atoms with E-state index in [1.54, 1.807) is 6.92 Å². The molecule has 0 aromatic carbocycles. The molecule has 6 nitrogen and oxygen atoms in total. The Balaban J connectivity index is 4.65. The SMILES string of the molecule is CCC(=N\O)/C(=N/O)C(=O)O. The number of carboxylic acid groups (broad SMARTS) is 1. The van der Waals surface area contributed by atoms with Crippen LogP contribution >= 0.6 is 0 Å². The fraction of sp³-hybridized carbons (Fsp3) is 0.400. The molecule has 0 amide bonds. The van der Waals surface area contributed by atoms with Crippen molar-refractivity contribution in [2.24, 2.45) is 10.3 Å². The van der Waals surface area contributed by atoms with Crippen LogP contribution < -0.4 is 0 Å². The Morgan fingerprint density at radius 3 is 2.00 bits per heavy atom. The van der Waals surface area contributed by atoms with Gasteiger partial charge in [-0.15, -0.1) is 0 Å². The highest BCUT2D eigenvalue weighted by atomic mass is 16.4. The summed E-state index contributed by atoms with van der Waals surface area (Å²) in [6, 6.07) is 0. The molecule has 6 heteroatoms. The molecule has 0 aliphatic heterocycles. The van der Waals surface area contributed by atoms with E-state index in [0.29, 0.717) is 0 Å². The Labute approximate surface area is 62.4 Å². The Bertz CT molecular complexity index is 209. The van der Waals surface area contributed by atoms with Crippen LogP contribution in [0.2, 0.25) is 0 Å². The monoisotopic (exact) mass is 160 g/mol. The minimum absolute atomic E-state index is 0.167. The Morgan fingerprint density at radius 1 is 1.36 bits per heavy atom. The molecule has 0 aliphatic carbocycles. The summed E-state index contributed by atoms with van der Waals surface area (Å²) in [6.07, 6.45) is 0.183. The standard InChI is InChI=1S/C5H8N2O4/c1-2-3(6-10)4(7-11)5(8)9/h10-11H,2H2,1H3,(H,8,9)/b6-3+,7-4-. The molecule has 0 unspecified atom stereocenters. The summed E-state index contributed by atoms with van der Waals surface area (Å²) >= 11 is 0. The third-order valence-electron chi connectivity index (χ3n) is 1.03. The molecule has 0 radical (unpaired) electrons. The molecule has 0 saturated carbocycles. The maximum absolute atomic E-state index is 10.2. The van der Waals surface area contributed by atoms with Gasteiger partial charge in [0.1, 0.15) is 5.71 Å². The molecular formula is C5H8N2O4. The first-order chi connectivity index (χ1) is 5.17. The van der Waals surface area contributed by atoms with Crippen molar-refractivity contribution in [3.8, 4) is 0 Å². The third-order valence-corrected chi connectivity index (χ3v) is 1.03. The number of aliphatic carboxylic acids is 1. The van der Waals surface area contributed by atoms with E-state index in [1.165, 1.54) is 0 Å². The highest BCUT2D eigenvalue weighted by Crippen LogP contribution is 1.90.